The second-order valence-corrected chi connectivity index (χ2v) is 7.55. The highest BCUT2D eigenvalue weighted by Crippen LogP contribution is 2.30. The second kappa shape index (κ2) is 7.30. The Morgan fingerprint density at radius 3 is 2.47 bits per heavy atom. The van der Waals surface area contributed by atoms with Gasteiger partial charge in [-0.3, -0.25) is 4.79 Å². The average molecular weight is 434 g/mol. The van der Waals surface area contributed by atoms with Crippen LogP contribution < -0.4 is 10.2 Å². The molecule has 0 spiro atoms. The number of hydrogen-bond donors (Lipinski definition) is 1. The van der Waals surface area contributed by atoms with Crippen molar-refractivity contribution in [2.24, 2.45) is 0 Å². The molecule has 3 heterocycles. The van der Waals surface area contributed by atoms with Crippen molar-refractivity contribution in [3.05, 3.63) is 94.9 Å². The fourth-order valence-corrected chi connectivity index (χ4v) is 3.91. The summed E-state index contributed by atoms with van der Waals surface area (Å²) in [6.07, 6.45) is -1.02. The Balaban J connectivity index is 1.58. The normalized spacial score (nSPS) is 11.9. The highest BCUT2D eigenvalue weighted by molar-refractivity contribution is 5.83. The number of ether oxygens (including phenoxy) is 1. The third-order valence-corrected chi connectivity index (χ3v) is 5.43. The summed E-state index contributed by atoms with van der Waals surface area (Å²) in [5.74, 6) is -0.268. The van der Waals surface area contributed by atoms with E-state index in [9.17, 15) is 18.0 Å². The molecule has 4 nitrogen and oxygen atoms in total. The quantitative estimate of drug-likeness (QED) is 0.361. The van der Waals surface area contributed by atoms with E-state index in [1.54, 1.807) is 19.1 Å². The minimum atomic E-state index is -4.74. The van der Waals surface area contributed by atoms with Crippen LogP contribution in [0.3, 0.4) is 0 Å². The standard InChI is InChI=1S/C25H17F3N2O2/c1-15-23(29-22-8-3-2-7-21(22)24(15)31)17-9-10-19-11-18(14-30(19)13-17)16-5-4-6-20(12-16)32-25(26,27)28/h2-14H,1H3,(H,29,31). The maximum Gasteiger partial charge on any atom is 0.573 e. The number of aromatic nitrogens is 2. The van der Waals surface area contributed by atoms with Crippen molar-refractivity contribution in [1.82, 2.24) is 9.38 Å². The molecule has 0 aliphatic carbocycles. The molecule has 1 N–H and O–H groups in total. The van der Waals surface area contributed by atoms with Gasteiger partial charge in [-0.15, -0.1) is 13.2 Å². The predicted molar refractivity (Wildman–Crippen MR) is 118 cm³/mol. The zero-order valence-electron chi connectivity index (χ0n) is 16.9. The number of nitrogens with one attached hydrogen (secondary N) is 1. The summed E-state index contributed by atoms with van der Waals surface area (Å²) in [6, 6.07) is 18.9. The van der Waals surface area contributed by atoms with E-state index in [2.05, 4.69) is 9.72 Å². The number of hydrogen-bond acceptors (Lipinski definition) is 2. The molecule has 0 saturated heterocycles. The Hall–Kier alpha value is -4.00. The second-order valence-electron chi connectivity index (χ2n) is 7.55. The van der Waals surface area contributed by atoms with E-state index in [1.165, 1.54) is 18.2 Å². The summed E-state index contributed by atoms with van der Waals surface area (Å²) >= 11 is 0. The van der Waals surface area contributed by atoms with E-state index in [1.807, 2.05) is 53.2 Å². The maximum atomic E-state index is 12.8. The molecule has 0 radical (unpaired) electrons. The lowest BCUT2D eigenvalue weighted by Gasteiger charge is -2.09. The molecule has 7 heteroatoms. The molecule has 5 rings (SSSR count). The number of para-hydroxylation sites is 1. The van der Waals surface area contributed by atoms with Crippen LogP contribution in [0.1, 0.15) is 5.56 Å². The smallest absolute Gasteiger partial charge is 0.406 e. The molecule has 0 amide bonds. The Morgan fingerprint density at radius 2 is 1.66 bits per heavy atom. The summed E-state index contributed by atoms with van der Waals surface area (Å²) < 4.78 is 43.6. The Bertz CT molecular complexity index is 1530. The van der Waals surface area contributed by atoms with Gasteiger partial charge in [-0.2, -0.15) is 0 Å². The van der Waals surface area contributed by atoms with Gasteiger partial charge in [-0.25, -0.2) is 0 Å². The zero-order chi connectivity index (χ0) is 22.5. The van der Waals surface area contributed by atoms with Crippen LogP contribution in [0, 0.1) is 6.92 Å². The van der Waals surface area contributed by atoms with Crippen LogP contribution in [-0.4, -0.2) is 15.7 Å². The number of nitrogens with zero attached hydrogens (tertiary/aromatic N) is 1. The number of pyridine rings is 2. The first-order valence-corrected chi connectivity index (χ1v) is 9.88. The van der Waals surface area contributed by atoms with Gasteiger partial charge in [0.05, 0.1) is 5.69 Å². The molecule has 2 aromatic carbocycles. The first-order valence-electron chi connectivity index (χ1n) is 9.88. The van der Waals surface area contributed by atoms with Gasteiger partial charge in [0.15, 0.2) is 5.43 Å². The molecule has 0 unspecified atom stereocenters. The van der Waals surface area contributed by atoms with Crippen LogP contribution >= 0.6 is 0 Å². The van der Waals surface area contributed by atoms with Crippen LogP contribution in [0.4, 0.5) is 13.2 Å². The van der Waals surface area contributed by atoms with Crippen molar-refractivity contribution in [1.29, 1.82) is 0 Å². The lowest BCUT2D eigenvalue weighted by molar-refractivity contribution is -0.274. The SMILES string of the molecule is Cc1c(-c2ccc3cc(-c4cccc(OC(F)(F)F)c4)cn3c2)[nH]c2ccccc2c1=O. The molecule has 0 aliphatic heterocycles. The van der Waals surface area contributed by atoms with Crippen molar-refractivity contribution in [2.75, 3.05) is 0 Å². The van der Waals surface area contributed by atoms with E-state index in [0.29, 0.717) is 16.5 Å². The highest BCUT2D eigenvalue weighted by Gasteiger charge is 2.31. The number of benzene rings is 2. The van der Waals surface area contributed by atoms with Gasteiger partial charge in [0.25, 0.3) is 0 Å². The molecule has 0 aliphatic rings. The van der Waals surface area contributed by atoms with E-state index >= 15 is 0 Å². The molecule has 5 aromatic rings. The summed E-state index contributed by atoms with van der Waals surface area (Å²) in [6.45, 7) is 1.79. The number of H-pyrrole nitrogens is 1. The number of alkyl halides is 3. The van der Waals surface area contributed by atoms with Crippen molar-refractivity contribution >= 4 is 16.4 Å². The summed E-state index contributed by atoms with van der Waals surface area (Å²) in [5.41, 5.74) is 5.13. The average Bonchev–Trinajstić information content (AvgIpc) is 3.19. The molecule has 0 saturated carbocycles. The zero-order valence-corrected chi connectivity index (χ0v) is 16.9. The van der Waals surface area contributed by atoms with Gasteiger partial charge < -0.3 is 14.1 Å². The predicted octanol–water partition coefficient (Wildman–Crippen LogP) is 6.32. The summed E-state index contributed by atoms with van der Waals surface area (Å²) in [7, 11) is 0. The first-order chi connectivity index (χ1) is 15.3. The molecule has 0 fully saturated rings. The van der Waals surface area contributed by atoms with Crippen LogP contribution in [-0.2, 0) is 0 Å². The van der Waals surface area contributed by atoms with Crippen LogP contribution in [0.25, 0.3) is 38.8 Å². The van der Waals surface area contributed by atoms with Crippen molar-refractivity contribution in [3.63, 3.8) is 0 Å². The van der Waals surface area contributed by atoms with Crippen LogP contribution in [0.5, 0.6) is 5.75 Å². The third kappa shape index (κ3) is 3.62. The fourth-order valence-electron chi connectivity index (χ4n) is 3.91. The molecular weight excluding hydrogens is 417 g/mol. The Morgan fingerprint density at radius 1 is 0.875 bits per heavy atom. The molecule has 3 aromatic heterocycles. The lowest BCUT2D eigenvalue weighted by atomic mass is 10.0. The van der Waals surface area contributed by atoms with Crippen LogP contribution in [0.2, 0.25) is 0 Å². The Labute approximate surface area is 180 Å². The molecule has 160 valence electrons. The first kappa shape index (κ1) is 19.9. The fraction of sp³-hybridized carbons (Fsp3) is 0.0800. The number of halogens is 3. The third-order valence-electron chi connectivity index (χ3n) is 5.43. The number of fused-ring (bicyclic) bond motifs is 2. The van der Waals surface area contributed by atoms with E-state index < -0.39 is 6.36 Å². The van der Waals surface area contributed by atoms with Gasteiger partial charge in [0.1, 0.15) is 5.75 Å². The van der Waals surface area contributed by atoms with Crippen molar-refractivity contribution < 1.29 is 17.9 Å². The van der Waals surface area contributed by atoms with E-state index in [-0.39, 0.29) is 11.2 Å². The summed E-state index contributed by atoms with van der Waals surface area (Å²) in [5, 5.41) is 0.638. The summed E-state index contributed by atoms with van der Waals surface area (Å²) in [4.78, 5) is 16.1. The van der Waals surface area contributed by atoms with Gasteiger partial charge >= 0.3 is 6.36 Å². The van der Waals surface area contributed by atoms with Crippen LogP contribution in [0.15, 0.2) is 83.9 Å². The monoisotopic (exact) mass is 434 g/mol. The van der Waals surface area contributed by atoms with Gasteiger partial charge in [0.2, 0.25) is 0 Å². The maximum absolute atomic E-state index is 12.8. The minimum absolute atomic E-state index is 0.0240. The highest BCUT2D eigenvalue weighted by atomic mass is 19.4. The number of aromatic amines is 1. The van der Waals surface area contributed by atoms with Gasteiger partial charge in [-0.05, 0) is 55.0 Å². The topological polar surface area (TPSA) is 46.5 Å². The molecular formula is C25H17F3N2O2. The lowest BCUT2D eigenvalue weighted by Crippen LogP contribution is -2.17. The molecule has 0 bridgehead atoms. The Kier molecular flexibility index (Phi) is 4.55. The van der Waals surface area contributed by atoms with E-state index in [0.717, 1.165) is 27.9 Å². The number of rotatable bonds is 3. The largest absolute Gasteiger partial charge is 0.573 e. The van der Waals surface area contributed by atoms with Crippen molar-refractivity contribution in [2.45, 2.75) is 13.3 Å². The molecule has 0 atom stereocenters. The van der Waals surface area contributed by atoms with Gasteiger partial charge in [0, 0.05) is 45.5 Å². The molecule has 32 heavy (non-hydrogen) atoms. The van der Waals surface area contributed by atoms with Gasteiger partial charge in [-0.1, -0.05) is 24.3 Å². The van der Waals surface area contributed by atoms with Crippen molar-refractivity contribution in [3.8, 4) is 28.1 Å². The minimum Gasteiger partial charge on any atom is -0.406 e. The van der Waals surface area contributed by atoms with E-state index in [4.69, 9.17) is 0 Å².